The third kappa shape index (κ3) is 6.49. The molecule has 4 aromatic rings. The lowest BCUT2D eigenvalue weighted by molar-refractivity contribution is 0.696. The summed E-state index contributed by atoms with van der Waals surface area (Å²) < 4.78 is 0. The molecule has 0 N–H and O–H groups in total. The van der Waals surface area contributed by atoms with Gasteiger partial charge in [0, 0.05) is 0 Å². The molecule has 0 aliphatic heterocycles. The maximum atomic E-state index is 2.71. The van der Waals surface area contributed by atoms with Crippen LogP contribution in [0.5, 0.6) is 0 Å². The van der Waals surface area contributed by atoms with E-state index < -0.39 is 0 Å². The fourth-order valence-electron chi connectivity index (χ4n) is 11.2. The SMILES string of the molecule is CC(C)c1c2c(c(C(C)C)c(C(C)C)c1C(C)C)Cc1c(c(C(C)C)c3cc4c(C(C)C)c(C(C)C)c(C(C)C)c(C(C)C)c4cc3c1C(C)C)C2. The van der Waals surface area contributed by atoms with Crippen molar-refractivity contribution in [2.45, 2.75) is 210 Å². The van der Waals surface area contributed by atoms with Gasteiger partial charge >= 0.3 is 0 Å². The average Bonchev–Trinajstić information content (AvgIpc) is 3.01. The van der Waals surface area contributed by atoms with Crippen LogP contribution in [0.25, 0.3) is 21.5 Å². The van der Waals surface area contributed by atoms with E-state index in [1.54, 1.807) is 77.9 Å². The third-order valence-electron chi connectivity index (χ3n) is 12.6. The van der Waals surface area contributed by atoms with Crippen LogP contribution in [-0.2, 0) is 12.8 Å². The molecule has 0 spiro atoms. The summed E-state index contributed by atoms with van der Waals surface area (Å²) in [5, 5.41) is 6.08. The lowest BCUT2D eigenvalue weighted by atomic mass is 9.66. The summed E-state index contributed by atoms with van der Waals surface area (Å²) in [6, 6.07) is 5.42. The highest BCUT2D eigenvalue weighted by Crippen LogP contribution is 2.52. The Morgan fingerprint density at radius 1 is 0.231 bits per heavy atom. The van der Waals surface area contributed by atoms with E-state index >= 15 is 0 Å². The van der Waals surface area contributed by atoms with Gasteiger partial charge in [-0.15, -0.1) is 0 Å². The molecule has 4 aromatic carbocycles. The molecule has 1 aliphatic rings. The highest BCUT2D eigenvalue weighted by atomic mass is 14.4. The van der Waals surface area contributed by atoms with Crippen molar-refractivity contribution in [3.05, 3.63) is 90.0 Å². The molecule has 0 radical (unpaired) electrons. The predicted octanol–water partition coefficient (Wildman–Crippen LogP) is 16.7. The monoisotopic (exact) mass is 701 g/mol. The van der Waals surface area contributed by atoms with E-state index in [4.69, 9.17) is 0 Å². The van der Waals surface area contributed by atoms with E-state index in [1.165, 1.54) is 21.5 Å². The molecule has 0 heteroatoms. The minimum Gasteiger partial charge on any atom is -0.0587 e. The summed E-state index contributed by atoms with van der Waals surface area (Å²) in [5.41, 5.74) is 22.9. The topological polar surface area (TPSA) is 0 Å². The first-order valence-corrected chi connectivity index (χ1v) is 21.5. The Balaban J connectivity index is 2.08. The van der Waals surface area contributed by atoms with Gasteiger partial charge in [0.1, 0.15) is 0 Å². The summed E-state index contributed by atoms with van der Waals surface area (Å²) in [5.74, 6) is 4.77. The van der Waals surface area contributed by atoms with Crippen LogP contribution in [0, 0.1) is 0 Å². The van der Waals surface area contributed by atoms with E-state index in [1.807, 2.05) is 0 Å². The van der Waals surface area contributed by atoms with Crippen LogP contribution in [0.4, 0.5) is 0 Å². The van der Waals surface area contributed by atoms with Gasteiger partial charge in [0.25, 0.3) is 0 Å². The number of hydrogen-bond donors (Lipinski definition) is 0. The van der Waals surface area contributed by atoms with Crippen molar-refractivity contribution in [1.82, 2.24) is 0 Å². The highest BCUT2D eigenvalue weighted by Gasteiger charge is 2.35. The second kappa shape index (κ2) is 14.9. The molecular formula is C52H76. The Labute approximate surface area is 321 Å². The Kier molecular flexibility index (Phi) is 11.6. The first kappa shape index (κ1) is 40.6. The van der Waals surface area contributed by atoms with E-state index in [9.17, 15) is 0 Å². The van der Waals surface area contributed by atoms with Crippen molar-refractivity contribution in [3.8, 4) is 0 Å². The normalized spacial score (nSPS) is 13.8. The molecule has 0 saturated carbocycles. The third-order valence-corrected chi connectivity index (χ3v) is 12.6. The summed E-state index contributed by atoms with van der Waals surface area (Å²) >= 11 is 0. The van der Waals surface area contributed by atoms with Crippen LogP contribution in [0.2, 0.25) is 0 Å². The Morgan fingerprint density at radius 3 is 0.615 bits per heavy atom. The summed E-state index contributed by atoms with van der Waals surface area (Å²) in [7, 11) is 0. The molecule has 0 unspecified atom stereocenters. The molecule has 5 rings (SSSR count). The van der Waals surface area contributed by atoms with Crippen molar-refractivity contribution < 1.29 is 0 Å². The Morgan fingerprint density at radius 2 is 0.404 bits per heavy atom. The summed E-state index contributed by atoms with van der Waals surface area (Å²) in [6.07, 6.45) is 2.13. The first-order valence-electron chi connectivity index (χ1n) is 21.5. The molecule has 284 valence electrons. The lowest BCUT2D eigenvalue weighted by Gasteiger charge is -2.38. The van der Waals surface area contributed by atoms with E-state index in [2.05, 4.69) is 151 Å². The molecule has 0 heterocycles. The zero-order chi connectivity index (χ0) is 39.0. The maximum absolute atomic E-state index is 2.71. The van der Waals surface area contributed by atoms with Gasteiger partial charge in [-0.25, -0.2) is 0 Å². The van der Waals surface area contributed by atoms with Crippen LogP contribution in [0.1, 0.15) is 276 Å². The molecule has 0 bridgehead atoms. The number of rotatable bonds is 10. The number of fused-ring (bicyclic) bond motifs is 4. The minimum absolute atomic E-state index is 0.439. The highest BCUT2D eigenvalue weighted by molar-refractivity contribution is 6.06. The Bertz CT molecular complexity index is 1840. The van der Waals surface area contributed by atoms with Crippen LogP contribution in [0.15, 0.2) is 12.1 Å². The van der Waals surface area contributed by atoms with Crippen LogP contribution in [-0.4, -0.2) is 0 Å². The molecule has 0 saturated heterocycles. The number of hydrogen-bond acceptors (Lipinski definition) is 0. The molecular weight excluding hydrogens is 625 g/mol. The van der Waals surface area contributed by atoms with Crippen LogP contribution < -0.4 is 0 Å². The first-order chi connectivity index (χ1) is 24.1. The standard InChI is InChI=1S/C52H76/c1-25(2)43-35-21-39-41(47(29(9)10)51(33(17)18)49(31(13)14)45(39)27(5)6)23-37(35)44(26(3)4)38-24-42-40(22-36(38)43)46(28(7)8)50(32(15)16)52(34(19)20)48(42)30(11)12/h21,23,25-34H,22,24H2,1-20H3. The predicted molar refractivity (Wildman–Crippen MR) is 234 cm³/mol. The molecule has 52 heavy (non-hydrogen) atoms. The van der Waals surface area contributed by atoms with Gasteiger partial charge in [0.05, 0.1) is 0 Å². The van der Waals surface area contributed by atoms with Gasteiger partial charge in [-0.1, -0.05) is 138 Å². The zero-order valence-electron chi connectivity index (χ0n) is 37.3. The van der Waals surface area contributed by atoms with Crippen molar-refractivity contribution in [2.75, 3.05) is 0 Å². The Hall–Kier alpha value is -2.60. The van der Waals surface area contributed by atoms with Crippen LogP contribution in [0.3, 0.4) is 0 Å². The van der Waals surface area contributed by atoms with E-state index in [0.717, 1.165) is 12.8 Å². The van der Waals surface area contributed by atoms with Crippen molar-refractivity contribution >= 4 is 21.5 Å². The van der Waals surface area contributed by atoms with Gasteiger partial charge in [-0.2, -0.15) is 0 Å². The van der Waals surface area contributed by atoms with Crippen molar-refractivity contribution in [1.29, 1.82) is 0 Å². The summed E-state index contributed by atoms with van der Waals surface area (Å²) in [4.78, 5) is 0. The van der Waals surface area contributed by atoms with Gasteiger partial charge in [0.2, 0.25) is 0 Å². The second-order valence-corrected chi connectivity index (χ2v) is 19.9. The van der Waals surface area contributed by atoms with Crippen molar-refractivity contribution in [3.63, 3.8) is 0 Å². The second-order valence-electron chi connectivity index (χ2n) is 19.9. The maximum Gasteiger partial charge on any atom is -0.00139 e. The lowest BCUT2D eigenvalue weighted by Crippen LogP contribution is -2.23. The largest absolute Gasteiger partial charge is 0.0587 e. The number of benzene rings is 4. The van der Waals surface area contributed by atoms with E-state index in [-0.39, 0.29) is 0 Å². The smallest absolute Gasteiger partial charge is 0.00139 e. The van der Waals surface area contributed by atoms with Gasteiger partial charge in [-0.3, -0.25) is 0 Å². The fourth-order valence-corrected chi connectivity index (χ4v) is 11.2. The molecule has 1 aliphatic carbocycles. The fraction of sp³-hybridized carbons (Fsp3) is 0.615. The molecule has 0 atom stereocenters. The zero-order valence-corrected chi connectivity index (χ0v) is 37.3. The van der Waals surface area contributed by atoms with Crippen LogP contribution >= 0.6 is 0 Å². The van der Waals surface area contributed by atoms with Gasteiger partial charge in [-0.05, 0) is 184 Å². The average molecular weight is 701 g/mol. The summed E-state index contributed by atoms with van der Waals surface area (Å²) in [6.45, 7) is 49.0. The molecule has 0 amide bonds. The van der Waals surface area contributed by atoms with Crippen molar-refractivity contribution in [2.24, 2.45) is 0 Å². The minimum atomic E-state index is 0.439. The van der Waals surface area contributed by atoms with Gasteiger partial charge < -0.3 is 0 Å². The van der Waals surface area contributed by atoms with Gasteiger partial charge in [0.15, 0.2) is 0 Å². The van der Waals surface area contributed by atoms with E-state index in [0.29, 0.717) is 59.2 Å². The quantitative estimate of drug-likeness (QED) is 0.127. The molecule has 0 nitrogen and oxygen atoms in total. The molecule has 0 aromatic heterocycles. The molecule has 0 fully saturated rings.